The maximum atomic E-state index is 12.2. The van der Waals surface area contributed by atoms with Crippen molar-refractivity contribution in [2.24, 2.45) is 5.92 Å². The Bertz CT molecular complexity index is 508. The first kappa shape index (κ1) is 21.1. The molecule has 1 atom stereocenters. The molecule has 0 heterocycles. The summed E-state index contributed by atoms with van der Waals surface area (Å²) in [5.41, 5.74) is 0.905. The highest BCUT2D eigenvalue weighted by Gasteiger charge is 2.23. The SMILES string of the molecule is COCCOCOCCN(C)C(=O)CC(Cc1ccccc1)C(=O)O. The number of methoxy groups -OCH3 is 1. The van der Waals surface area contributed by atoms with E-state index in [9.17, 15) is 14.7 Å². The first-order valence-electron chi connectivity index (χ1n) is 8.19. The normalized spacial score (nSPS) is 11.9. The van der Waals surface area contributed by atoms with Gasteiger partial charge in [0, 0.05) is 27.1 Å². The van der Waals surface area contributed by atoms with Crippen molar-refractivity contribution < 1.29 is 28.9 Å². The summed E-state index contributed by atoms with van der Waals surface area (Å²) in [5.74, 6) is -1.92. The summed E-state index contributed by atoms with van der Waals surface area (Å²) in [6.07, 6.45) is 0.296. The standard InChI is InChI=1S/C18H27NO6/c1-19(8-9-24-14-25-11-10-23-2)17(20)13-16(18(21)22)12-15-6-4-3-5-7-15/h3-7,16H,8-14H2,1-2H3,(H,21,22). The van der Waals surface area contributed by atoms with E-state index in [1.807, 2.05) is 30.3 Å². The number of carbonyl (C=O) groups excluding carboxylic acids is 1. The lowest BCUT2D eigenvalue weighted by atomic mass is 9.96. The van der Waals surface area contributed by atoms with Crippen LogP contribution in [0.15, 0.2) is 30.3 Å². The van der Waals surface area contributed by atoms with Gasteiger partial charge in [0.05, 0.1) is 25.7 Å². The average Bonchev–Trinajstić information content (AvgIpc) is 2.60. The molecule has 7 nitrogen and oxygen atoms in total. The summed E-state index contributed by atoms with van der Waals surface area (Å²) in [6, 6.07) is 9.31. The summed E-state index contributed by atoms with van der Waals surface area (Å²) in [7, 11) is 3.23. The number of carboxylic acids is 1. The molecule has 0 spiro atoms. The van der Waals surface area contributed by atoms with E-state index in [4.69, 9.17) is 14.2 Å². The van der Waals surface area contributed by atoms with E-state index in [2.05, 4.69) is 0 Å². The highest BCUT2D eigenvalue weighted by atomic mass is 16.7. The Kier molecular flexibility index (Phi) is 10.5. The molecule has 1 rings (SSSR count). The predicted octanol–water partition coefficient (Wildman–Crippen LogP) is 1.42. The van der Waals surface area contributed by atoms with E-state index in [-0.39, 0.29) is 19.1 Å². The van der Waals surface area contributed by atoms with Gasteiger partial charge < -0.3 is 24.2 Å². The molecule has 1 aromatic rings. The van der Waals surface area contributed by atoms with Crippen LogP contribution in [0.5, 0.6) is 0 Å². The minimum Gasteiger partial charge on any atom is -0.481 e. The number of ether oxygens (including phenoxy) is 3. The van der Waals surface area contributed by atoms with Crippen LogP contribution in [0.1, 0.15) is 12.0 Å². The molecule has 0 aliphatic heterocycles. The van der Waals surface area contributed by atoms with Crippen LogP contribution in [-0.2, 0) is 30.2 Å². The fourth-order valence-corrected chi connectivity index (χ4v) is 2.16. The number of carboxylic acid groups (broad SMARTS) is 1. The van der Waals surface area contributed by atoms with E-state index in [0.717, 1.165) is 5.56 Å². The zero-order chi connectivity index (χ0) is 18.5. The maximum Gasteiger partial charge on any atom is 0.307 e. The molecule has 1 amide bonds. The van der Waals surface area contributed by atoms with Gasteiger partial charge in [-0.05, 0) is 12.0 Å². The number of likely N-dealkylation sites (N-methyl/N-ethyl adjacent to an activating group) is 1. The largest absolute Gasteiger partial charge is 0.481 e. The maximum absolute atomic E-state index is 12.2. The highest BCUT2D eigenvalue weighted by Crippen LogP contribution is 2.14. The number of rotatable bonds is 13. The summed E-state index contributed by atoms with van der Waals surface area (Å²) < 4.78 is 15.2. The third kappa shape index (κ3) is 9.19. The Hall–Kier alpha value is -1.96. The smallest absolute Gasteiger partial charge is 0.307 e. The molecule has 25 heavy (non-hydrogen) atoms. The van der Waals surface area contributed by atoms with Gasteiger partial charge in [-0.1, -0.05) is 30.3 Å². The summed E-state index contributed by atoms with van der Waals surface area (Å²) in [6.45, 7) is 1.79. The summed E-state index contributed by atoms with van der Waals surface area (Å²) in [4.78, 5) is 25.1. The van der Waals surface area contributed by atoms with Crippen LogP contribution in [0.2, 0.25) is 0 Å². The van der Waals surface area contributed by atoms with Crippen LogP contribution in [0.3, 0.4) is 0 Å². The topological polar surface area (TPSA) is 85.3 Å². The fourth-order valence-electron chi connectivity index (χ4n) is 2.16. The minimum absolute atomic E-state index is 0.0366. The van der Waals surface area contributed by atoms with Crippen molar-refractivity contribution in [3.63, 3.8) is 0 Å². The van der Waals surface area contributed by atoms with Crippen molar-refractivity contribution >= 4 is 11.9 Å². The van der Waals surface area contributed by atoms with Gasteiger partial charge in [-0.25, -0.2) is 0 Å². The lowest BCUT2D eigenvalue weighted by Crippen LogP contribution is -2.33. The molecule has 0 aromatic heterocycles. The van der Waals surface area contributed by atoms with Crippen LogP contribution in [0, 0.1) is 5.92 Å². The number of hydrogen-bond donors (Lipinski definition) is 1. The minimum atomic E-state index is -0.964. The van der Waals surface area contributed by atoms with E-state index < -0.39 is 11.9 Å². The van der Waals surface area contributed by atoms with Crippen LogP contribution in [0.25, 0.3) is 0 Å². The van der Waals surface area contributed by atoms with Crippen molar-refractivity contribution in [2.75, 3.05) is 47.3 Å². The number of nitrogens with zero attached hydrogens (tertiary/aromatic N) is 1. The molecular weight excluding hydrogens is 326 g/mol. The zero-order valence-corrected chi connectivity index (χ0v) is 14.8. The van der Waals surface area contributed by atoms with Gasteiger partial charge in [-0.15, -0.1) is 0 Å². The fraction of sp³-hybridized carbons (Fsp3) is 0.556. The van der Waals surface area contributed by atoms with Gasteiger partial charge in [-0.2, -0.15) is 0 Å². The molecule has 140 valence electrons. The first-order valence-corrected chi connectivity index (χ1v) is 8.19. The van der Waals surface area contributed by atoms with Crippen molar-refractivity contribution in [1.29, 1.82) is 0 Å². The lowest BCUT2D eigenvalue weighted by molar-refractivity contribution is -0.146. The molecular formula is C18H27NO6. The van der Waals surface area contributed by atoms with E-state index in [1.165, 1.54) is 4.90 Å². The third-order valence-corrected chi connectivity index (χ3v) is 3.69. The van der Waals surface area contributed by atoms with Gasteiger partial charge in [0.2, 0.25) is 5.91 Å². The molecule has 0 aliphatic carbocycles. The van der Waals surface area contributed by atoms with Gasteiger partial charge in [-0.3, -0.25) is 9.59 Å². The molecule has 0 saturated carbocycles. The molecule has 0 bridgehead atoms. The third-order valence-electron chi connectivity index (χ3n) is 3.69. The Morgan fingerprint density at radius 3 is 2.44 bits per heavy atom. The van der Waals surface area contributed by atoms with Crippen LogP contribution < -0.4 is 0 Å². The molecule has 0 aliphatic rings. The number of benzene rings is 1. The van der Waals surface area contributed by atoms with Crippen LogP contribution >= 0.6 is 0 Å². The number of carbonyl (C=O) groups is 2. The lowest BCUT2D eigenvalue weighted by Gasteiger charge is -2.20. The molecule has 1 N–H and O–H groups in total. The quantitative estimate of drug-likeness (QED) is 0.426. The summed E-state index contributed by atoms with van der Waals surface area (Å²) in [5, 5.41) is 9.36. The van der Waals surface area contributed by atoms with E-state index in [0.29, 0.717) is 32.8 Å². The number of aliphatic carboxylic acids is 1. The second kappa shape index (κ2) is 12.4. The monoisotopic (exact) mass is 353 g/mol. The van der Waals surface area contributed by atoms with Gasteiger partial charge in [0.1, 0.15) is 6.79 Å². The van der Waals surface area contributed by atoms with Crippen molar-refractivity contribution in [3.8, 4) is 0 Å². The molecule has 0 fully saturated rings. The van der Waals surface area contributed by atoms with E-state index in [1.54, 1.807) is 14.2 Å². The van der Waals surface area contributed by atoms with Crippen LogP contribution in [-0.4, -0.2) is 69.2 Å². The Morgan fingerprint density at radius 2 is 1.80 bits per heavy atom. The Balaban J connectivity index is 2.32. The van der Waals surface area contributed by atoms with E-state index >= 15 is 0 Å². The molecule has 1 aromatic carbocycles. The van der Waals surface area contributed by atoms with Gasteiger partial charge in [0.15, 0.2) is 0 Å². The number of hydrogen-bond acceptors (Lipinski definition) is 5. The zero-order valence-electron chi connectivity index (χ0n) is 14.8. The molecule has 1 unspecified atom stereocenters. The number of amides is 1. The van der Waals surface area contributed by atoms with Crippen molar-refractivity contribution in [3.05, 3.63) is 35.9 Å². The van der Waals surface area contributed by atoms with Gasteiger partial charge in [0.25, 0.3) is 0 Å². The average molecular weight is 353 g/mol. The molecule has 7 heteroatoms. The Labute approximate surface area is 148 Å². The van der Waals surface area contributed by atoms with Crippen molar-refractivity contribution in [1.82, 2.24) is 4.90 Å². The van der Waals surface area contributed by atoms with Crippen molar-refractivity contribution in [2.45, 2.75) is 12.8 Å². The Morgan fingerprint density at radius 1 is 1.12 bits per heavy atom. The second-order valence-corrected chi connectivity index (χ2v) is 5.67. The predicted molar refractivity (Wildman–Crippen MR) is 92.2 cm³/mol. The highest BCUT2D eigenvalue weighted by molar-refractivity contribution is 5.82. The first-order chi connectivity index (χ1) is 12.0. The molecule has 0 radical (unpaired) electrons. The van der Waals surface area contributed by atoms with Gasteiger partial charge >= 0.3 is 5.97 Å². The molecule has 0 saturated heterocycles. The van der Waals surface area contributed by atoms with Crippen LogP contribution in [0.4, 0.5) is 0 Å². The second-order valence-electron chi connectivity index (χ2n) is 5.67. The summed E-state index contributed by atoms with van der Waals surface area (Å²) >= 11 is 0.